The lowest BCUT2D eigenvalue weighted by Gasteiger charge is -2.20. The molecule has 0 saturated heterocycles. The van der Waals surface area contributed by atoms with Crippen LogP contribution in [0.25, 0.3) is 0 Å². The van der Waals surface area contributed by atoms with Crippen LogP contribution in [0.15, 0.2) is 42.5 Å². The minimum atomic E-state index is -0.452. The highest BCUT2D eigenvalue weighted by Gasteiger charge is 2.14. The van der Waals surface area contributed by atoms with Crippen molar-refractivity contribution in [2.75, 3.05) is 17.2 Å². The van der Waals surface area contributed by atoms with Crippen LogP contribution in [0.3, 0.4) is 0 Å². The summed E-state index contributed by atoms with van der Waals surface area (Å²) in [4.78, 5) is 12.0. The van der Waals surface area contributed by atoms with Crippen LogP contribution in [-0.4, -0.2) is 12.6 Å². The number of hydrogen-bond donors (Lipinski definition) is 3. The Morgan fingerprint density at radius 1 is 1.05 bits per heavy atom. The van der Waals surface area contributed by atoms with Crippen LogP contribution >= 0.6 is 0 Å². The van der Waals surface area contributed by atoms with Crippen LogP contribution < -0.4 is 16.0 Å². The minimum absolute atomic E-state index is 0.168. The van der Waals surface area contributed by atoms with E-state index in [2.05, 4.69) is 16.0 Å². The molecule has 4 nitrogen and oxygen atoms in total. The molecule has 0 fully saturated rings. The fourth-order valence-corrected chi connectivity index (χ4v) is 2.49. The van der Waals surface area contributed by atoms with Crippen LogP contribution in [0.1, 0.15) is 11.1 Å². The Hall–Kier alpha value is -2.40. The lowest BCUT2D eigenvalue weighted by molar-refractivity contribution is 0.262. The van der Waals surface area contributed by atoms with E-state index in [0.717, 1.165) is 30.8 Å². The van der Waals surface area contributed by atoms with Crippen molar-refractivity contribution in [2.24, 2.45) is 0 Å². The number of anilines is 2. The fourth-order valence-electron chi connectivity index (χ4n) is 2.49. The van der Waals surface area contributed by atoms with Crippen molar-refractivity contribution in [1.82, 2.24) is 5.32 Å². The molecular formula is C16H16FN3O. The molecule has 3 N–H and O–H groups in total. The summed E-state index contributed by atoms with van der Waals surface area (Å²) in [6, 6.07) is 11.5. The van der Waals surface area contributed by atoms with E-state index in [4.69, 9.17) is 0 Å². The Balaban J connectivity index is 1.75. The molecule has 1 heterocycles. The number of halogens is 1. The maximum absolute atomic E-state index is 13.5. The SMILES string of the molecule is O=C(Nc1ccccc1F)Nc1cccc2c1CCNC2. The second-order valence-electron chi connectivity index (χ2n) is 4.93. The highest BCUT2D eigenvalue weighted by atomic mass is 19.1. The number of benzene rings is 2. The number of amides is 2. The molecule has 1 aliphatic rings. The first-order valence-corrected chi connectivity index (χ1v) is 6.88. The van der Waals surface area contributed by atoms with Crippen molar-refractivity contribution < 1.29 is 9.18 Å². The van der Waals surface area contributed by atoms with Gasteiger partial charge in [0.1, 0.15) is 5.82 Å². The standard InChI is InChI=1S/C16H16FN3O/c17-13-5-1-2-6-15(13)20-16(21)19-14-7-3-4-11-10-18-9-8-12(11)14/h1-7,18H,8-10H2,(H2,19,20,21). The van der Waals surface area contributed by atoms with E-state index in [1.165, 1.54) is 17.7 Å². The number of carbonyl (C=O) groups excluding carboxylic acids is 1. The molecule has 0 aliphatic carbocycles. The Labute approximate surface area is 122 Å². The first-order valence-electron chi connectivity index (χ1n) is 6.88. The maximum atomic E-state index is 13.5. The molecule has 0 radical (unpaired) electrons. The highest BCUT2D eigenvalue weighted by molar-refractivity contribution is 6.00. The van der Waals surface area contributed by atoms with Gasteiger partial charge in [0.15, 0.2) is 0 Å². The predicted octanol–water partition coefficient (Wildman–Crippen LogP) is 3.12. The van der Waals surface area contributed by atoms with E-state index in [1.54, 1.807) is 12.1 Å². The number of rotatable bonds is 2. The summed E-state index contributed by atoms with van der Waals surface area (Å²) in [7, 11) is 0. The molecule has 21 heavy (non-hydrogen) atoms. The third kappa shape index (κ3) is 3.03. The molecule has 108 valence electrons. The zero-order chi connectivity index (χ0) is 14.7. The third-order valence-corrected chi connectivity index (χ3v) is 3.51. The van der Waals surface area contributed by atoms with Gasteiger partial charge >= 0.3 is 6.03 Å². The van der Waals surface area contributed by atoms with Crippen LogP contribution in [0.2, 0.25) is 0 Å². The summed E-state index contributed by atoms with van der Waals surface area (Å²) in [6.07, 6.45) is 0.867. The number of hydrogen-bond acceptors (Lipinski definition) is 2. The number of carbonyl (C=O) groups is 1. The van der Waals surface area contributed by atoms with E-state index in [1.807, 2.05) is 18.2 Å². The quantitative estimate of drug-likeness (QED) is 0.794. The molecule has 0 saturated carbocycles. The maximum Gasteiger partial charge on any atom is 0.323 e. The number of fused-ring (bicyclic) bond motifs is 1. The fraction of sp³-hybridized carbons (Fsp3) is 0.188. The molecule has 0 atom stereocenters. The molecule has 0 bridgehead atoms. The molecule has 0 aromatic heterocycles. The van der Waals surface area contributed by atoms with Crippen molar-refractivity contribution in [1.29, 1.82) is 0 Å². The topological polar surface area (TPSA) is 53.2 Å². The van der Waals surface area contributed by atoms with E-state index >= 15 is 0 Å². The molecule has 5 heteroatoms. The zero-order valence-electron chi connectivity index (χ0n) is 11.4. The number of para-hydroxylation sites is 1. The first kappa shape index (κ1) is 13.6. The molecule has 0 spiro atoms. The van der Waals surface area contributed by atoms with Crippen molar-refractivity contribution in [3.8, 4) is 0 Å². The average Bonchev–Trinajstić information content (AvgIpc) is 2.50. The Morgan fingerprint density at radius 2 is 1.81 bits per heavy atom. The van der Waals surface area contributed by atoms with Gasteiger partial charge in [0.25, 0.3) is 0 Å². The smallest absolute Gasteiger partial charge is 0.312 e. The summed E-state index contributed by atoms with van der Waals surface area (Å²) < 4.78 is 13.5. The van der Waals surface area contributed by atoms with E-state index in [-0.39, 0.29) is 5.69 Å². The largest absolute Gasteiger partial charge is 0.323 e. The first-order chi connectivity index (χ1) is 10.2. The van der Waals surface area contributed by atoms with Gasteiger partial charge in [-0.15, -0.1) is 0 Å². The molecule has 1 aliphatic heterocycles. The van der Waals surface area contributed by atoms with Crippen LogP contribution in [-0.2, 0) is 13.0 Å². The van der Waals surface area contributed by atoms with Gasteiger partial charge in [-0.25, -0.2) is 9.18 Å². The van der Waals surface area contributed by atoms with Crippen molar-refractivity contribution in [3.05, 3.63) is 59.4 Å². The minimum Gasteiger partial charge on any atom is -0.312 e. The van der Waals surface area contributed by atoms with Gasteiger partial charge < -0.3 is 16.0 Å². The number of urea groups is 1. The average molecular weight is 285 g/mol. The molecule has 2 aromatic carbocycles. The lowest BCUT2D eigenvalue weighted by atomic mass is 9.99. The summed E-state index contributed by atoms with van der Waals surface area (Å²) >= 11 is 0. The van der Waals surface area contributed by atoms with Crippen LogP contribution in [0.5, 0.6) is 0 Å². The zero-order valence-corrected chi connectivity index (χ0v) is 11.4. The van der Waals surface area contributed by atoms with E-state index in [9.17, 15) is 9.18 Å². The summed E-state index contributed by atoms with van der Waals surface area (Å²) in [5.74, 6) is -0.452. The highest BCUT2D eigenvalue weighted by Crippen LogP contribution is 2.23. The van der Waals surface area contributed by atoms with Gasteiger partial charge in [-0.1, -0.05) is 24.3 Å². The summed E-state index contributed by atoms with van der Waals surface area (Å²) in [5, 5.41) is 8.62. The Bertz CT molecular complexity index is 672. The second kappa shape index (κ2) is 5.93. The van der Waals surface area contributed by atoms with Gasteiger partial charge in [-0.3, -0.25) is 0 Å². The lowest BCUT2D eigenvalue weighted by Crippen LogP contribution is -2.26. The molecular weight excluding hydrogens is 269 g/mol. The second-order valence-corrected chi connectivity index (χ2v) is 4.93. The van der Waals surface area contributed by atoms with Gasteiger partial charge in [0.2, 0.25) is 0 Å². The van der Waals surface area contributed by atoms with E-state index < -0.39 is 11.8 Å². The van der Waals surface area contributed by atoms with E-state index in [0.29, 0.717) is 0 Å². The van der Waals surface area contributed by atoms with Gasteiger partial charge in [-0.05, 0) is 42.3 Å². The van der Waals surface area contributed by atoms with Gasteiger partial charge in [0, 0.05) is 12.2 Å². The summed E-state index contributed by atoms with van der Waals surface area (Å²) in [5.41, 5.74) is 3.27. The summed E-state index contributed by atoms with van der Waals surface area (Å²) in [6.45, 7) is 1.69. The molecule has 0 unspecified atom stereocenters. The van der Waals surface area contributed by atoms with Crippen molar-refractivity contribution >= 4 is 17.4 Å². The van der Waals surface area contributed by atoms with Crippen LogP contribution in [0, 0.1) is 5.82 Å². The third-order valence-electron chi connectivity index (χ3n) is 3.51. The van der Waals surface area contributed by atoms with Crippen molar-refractivity contribution in [2.45, 2.75) is 13.0 Å². The Kier molecular flexibility index (Phi) is 3.83. The van der Waals surface area contributed by atoms with Crippen molar-refractivity contribution in [3.63, 3.8) is 0 Å². The Morgan fingerprint density at radius 3 is 2.67 bits per heavy atom. The number of nitrogens with one attached hydrogen (secondary N) is 3. The van der Waals surface area contributed by atoms with Crippen LogP contribution in [0.4, 0.5) is 20.6 Å². The molecule has 2 aromatic rings. The monoisotopic (exact) mass is 285 g/mol. The molecule has 2 amide bonds. The van der Waals surface area contributed by atoms with Gasteiger partial charge in [0.05, 0.1) is 5.69 Å². The molecule has 3 rings (SSSR count). The van der Waals surface area contributed by atoms with Gasteiger partial charge in [-0.2, -0.15) is 0 Å². The predicted molar refractivity (Wildman–Crippen MR) is 80.9 cm³/mol. The normalized spacial score (nSPS) is 13.4.